The van der Waals surface area contributed by atoms with Crippen molar-refractivity contribution in [2.24, 2.45) is 0 Å². The van der Waals surface area contributed by atoms with Gasteiger partial charge in [0.25, 0.3) is 5.69 Å². The largest absolute Gasteiger partial charge is 0.461 e. The van der Waals surface area contributed by atoms with Crippen LogP contribution in [-0.4, -0.2) is 41.5 Å². The van der Waals surface area contributed by atoms with Crippen molar-refractivity contribution < 1.29 is 14.5 Å². The van der Waals surface area contributed by atoms with Crippen LogP contribution in [0.25, 0.3) is 6.08 Å². The van der Waals surface area contributed by atoms with Crippen LogP contribution in [-0.2, 0) is 4.74 Å². The topological polar surface area (TPSA) is 85.6 Å². The van der Waals surface area contributed by atoms with Crippen molar-refractivity contribution in [2.45, 2.75) is 6.92 Å². The first-order valence-electron chi connectivity index (χ1n) is 5.62. The maximum atomic E-state index is 11.5. The lowest BCUT2D eigenvalue weighted by Gasteiger charge is -2.05. The molecule has 0 fully saturated rings. The first kappa shape index (κ1) is 14.6. The summed E-state index contributed by atoms with van der Waals surface area (Å²) in [6.07, 6.45) is 4.25. The number of rotatable bonds is 5. The van der Waals surface area contributed by atoms with Gasteiger partial charge in [0.15, 0.2) is 0 Å². The predicted molar refractivity (Wildman–Crippen MR) is 69.6 cm³/mol. The molecule has 7 nitrogen and oxygen atoms in total. The molecule has 1 rings (SSSR count). The van der Waals surface area contributed by atoms with Crippen molar-refractivity contribution in [1.29, 1.82) is 0 Å². The first-order valence-corrected chi connectivity index (χ1v) is 5.62. The zero-order valence-electron chi connectivity index (χ0n) is 11.0. The van der Waals surface area contributed by atoms with E-state index < -0.39 is 10.9 Å². The van der Waals surface area contributed by atoms with E-state index in [2.05, 4.69) is 4.98 Å². The number of nitrogens with zero attached hydrogens (tertiary/aromatic N) is 3. The predicted octanol–water partition coefficient (Wildman–Crippen LogP) is 1.70. The Kier molecular flexibility index (Phi) is 4.99. The Morgan fingerprint density at radius 1 is 1.58 bits per heavy atom. The summed E-state index contributed by atoms with van der Waals surface area (Å²) in [6, 6.07) is 1.34. The Bertz CT molecular complexity index is 512. The van der Waals surface area contributed by atoms with Crippen LogP contribution in [0.3, 0.4) is 0 Å². The second-order valence-corrected chi connectivity index (χ2v) is 3.89. The zero-order chi connectivity index (χ0) is 14.4. The van der Waals surface area contributed by atoms with Crippen molar-refractivity contribution in [1.82, 2.24) is 9.88 Å². The number of esters is 1. The molecule has 0 aliphatic carbocycles. The quantitative estimate of drug-likeness (QED) is 0.457. The number of hydrogen-bond donors (Lipinski definition) is 0. The Morgan fingerprint density at radius 3 is 2.79 bits per heavy atom. The smallest absolute Gasteiger partial charge is 0.356 e. The number of aromatic nitrogens is 1. The van der Waals surface area contributed by atoms with Crippen LogP contribution in [0.2, 0.25) is 0 Å². The van der Waals surface area contributed by atoms with Gasteiger partial charge in [0, 0.05) is 14.1 Å². The molecule has 1 heterocycles. The molecule has 102 valence electrons. The molecule has 0 radical (unpaired) electrons. The molecule has 19 heavy (non-hydrogen) atoms. The summed E-state index contributed by atoms with van der Waals surface area (Å²) in [6.45, 7) is 1.90. The van der Waals surface area contributed by atoms with Crippen LogP contribution < -0.4 is 0 Å². The van der Waals surface area contributed by atoms with Crippen LogP contribution in [0.5, 0.6) is 0 Å². The third-order valence-electron chi connectivity index (χ3n) is 2.15. The van der Waals surface area contributed by atoms with E-state index >= 15 is 0 Å². The van der Waals surface area contributed by atoms with Crippen LogP contribution in [0.15, 0.2) is 18.5 Å². The fraction of sp³-hybridized carbons (Fsp3) is 0.333. The molecular weight excluding hydrogens is 250 g/mol. The summed E-state index contributed by atoms with van der Waals surface area (Å²) in [7, 11) is 3.57. The summed E-state index contributed by atoms with van der Waals surface area (Å²) in [5, 5.41) is 10.9. The highest BCUT2D eigenvalue weighted by atomic mass is 16.6. The molecule has 0 saturated heterocycles. The van der Waals surface area contributed by atoms with E-state index in [1.165, 1.54) is 6.07 Å². The third kappa shape index (κ3) is 4.06. The lowest BCUT2D eigenvalue weighted by molar-refractivity contribution is -0.385. The second-order valence-electron chi connectivity index (χ2n) is 3.89. The van der Waals surface area contributed by atoms with Crippen LogP contribution >= 0.6 is 0 Å². The van der Waals surface area contributed by atoms with Crippen LogP contribution in [0.1, 0.15) is 23.0 Å². The summed E-state index contributed by atoms with van der Waals surface area (Å²) in [5.74, 6) is -0.600. The van der Waals surface area contributed by atoms with Crippen molar-refractivity contribution >= 4 is 17.7 Å². The molecular formula is C12H15N3O4. The van der Waals surface area contributed by atoms with Gasteiger partial charge in [-0.3, -0.25) is 10.1 Å². The van der Waals surface area contributed by atoms with Crippen LogP contribution in [0, 0.1) is 10.1 Å². The fourth-order valence-electron chi connectivity index (χ4n) is 1.30. The van der Waals surface area contributed by atoms with E-state index in [9.17, 15) is 14.9 Å². The van der Waals surface area contributed by atoms with E-state index in [1.54, 1.807) is 38.2 Å². The number of hydrogen-bond acceptors (Lipinski definition) is 6. The van der Waals surface area contributed by atoms with Gasteiger partial charge in [0.1, 0.15) is 11.9 Å². The minimum Gasteiger partial charge on any atom is -0.461 e. The average molecular weight is 265 g/mol. The Labute approximate surface area is 110 Å². The molecule has 0 N–H and O–H groups in total. The minimum atomic E-state index is -0.600. The summed E-state index contributed by atoms with van der Waals surface area (Å²) < 4.78 is 4.80. The van der Waals surface area contributed by atoms with Gasteiger partial charge in [-0.1, -0.05) is 0 Å². The maximum absolute atomic E-state index is 11.5. The molecule has 0 unspecified atom stereocenters. The van der Waals surface area contributed by atoms with Gasteiger partial charge in [0.05, 0.1) is 17.1 Å². The lowest BCUT2D eigenvalue weighted by atomic mass is 10.2. The second kappa shape index (κ2) is 6.48. The number of pyridine rings is 1. The number of carbonyl (C=O) groups is 1. The van der Waals surface area contributed by atoms with Gasteiger partial charge >= 0.3 is 5.97 Å². The van der Waals surface area contributed by atoms with E-state index in [4.69, 9.17) is 4.74 Å². The third-order valence-corrected chi connectivity index (χ3v) is 2.15. The molecule has 0 bridgehead atoms. The highest BCUT2D eigenvalue weighted by Crippen LogP contribution is 2.20. The van der Waals surface area contributed by atoms with Gasteiger partial charge in [-0.25, -0.2) is 9.78 Å². The SMILES string of the molecule is CCOC(=O)c1cc(/C=C/N(C)C)c([N+](=O)[O-])cn1. The Hall–Kier alpha value is -2.44. The monoisotopic (exact) mass is 265 g/mol. The molecule has 7 heteroatoms. The fourth-order valence-corrected chi connectivity index (χ4v) is 1.30. The lowest BCUT2D eigenvalue weighted by Crippen LogP contribution is -2.08. The van der Waals surface area contributed by atoms with Crippen molar-refractivity contribution in [3.05, 3.63) is 39.8 Å². The highest BCUT2D eigenvalue weighted by Gasteiger charge is 2.17. The highest BCUT2D eigenvalue weighted by molar-refractivity contribution is 5.88. The zero-order valence-corrected chi connectivity index (χ0v) is 11.0. The molecule has 1 aromatic rings. The number of ether oxygens (including phenoxy) is 1. The van der Waals surface area contributed by atoms with Gasteiger partial charge in [-0.05, 0) is 25.3 Å². The molecule has 0 amide bonds. The van der Waals surface area contributed by atoms with Gasteiger partial charge < -0.3 is 9.64 Å². The Morgan fingerprint density at radius 2 is 2.26 bits per heavy atom. The minimum absolute atomic E-state index is 0.0471. The average Bonchev–Trinajstić information content (AvgIpc) is 2.36. The van der Waals surface area contributed by atoms with Crippen LogP contribution in [0.4, 0.5) is 5.69 Å². The first-order chi connectivity index (χ1) is 8.95. The van der Waals surface area contributed by atoms with Gasteiger partial charge in [-0.15, -0.1) is 0 Å². The molecule has 0 atom stereocenters. The molecule has 0 saturated carbocycles. The number of nitro groups is 1. The number of carbonyl (C=O) groups excluding carboxylic acids is 1. The van der Waals surface area contributed by atoms with Gasteiger partial charge in [-0.2, -0.15) is 0 Å². The molecule has 0 aromatic carbocycles. The molecule has 0 spiro atoms. The van der Waals surface area contributed by atoms with E-state index in [0.29, 0.717) is 5.56 Å². The summed E-state index contributed by atoms with van der Waals surface area (Å²) >= 11 is 0. The summed E-state index contributed by atoms with van der Waals surface area (Å²) in [5.41, 5.74) is 0.189. The van der Waals surface area contributed by atoms with E-state index in [1.807, 2.05) is 0 Å². The molecule has 0 aliphatic rings. The van der Waals surface area contributed by atoms with Crippen molar-refractivity contribution in [3.63, 3.8) is 0 Å². The molecule has 0 aliphatic heterocycles. The standard InChI is InChI=1S/C12H15N3O4/c1-4-19-12(16)10-7-9(5-6-14(2)3)11(8-13-10)15(17)18/h5-8H,4H2,1-3H3/b6-5+. The Balaban J connectivity index is 3.18. The summed E-state index contributed by atoms with van der Waals surface area (Å²) in [4.78, 5) is 27.3. The van der Waals surface area contributed by atoms with Crippen molar-refractivity contribution in [2.75, 3.05) is 20.7 Å². The van der Waals surface area contributed by atoms with Crippen molar-refractivity contribution in [3.8, 4) is 0 Å². The van der Waals surface area contributed by atoms with E-state index in [0.717, 1.165) is 6.20 Å². The van der Waals surface area contributed by atoms with E-state index in [-0.39, 0.29) is 18.0 Å². The van der Waals surface area contributed by atoms with Gasteiger partial charge in [0.2, 0.25) is 0 Å². The maximum Gasteiger partial charge on any atom is 0.356 e. The normalized spacial score (nSPS) is 10.5. The molecule has 1 aromatic heterocycles.